The molecule has 1 fully saturated rings. The summed E-state index contributed by atoms with van der Waals surface area (Å²) in [4.78, 5) is 12.3. The van der Waals surface area contributed by atoms with Gasteiger partial charge < -0.3 is 4.74 Å². The Morgan fingerprint density at radius 2 is 2.29 bits per heavy atom. The SMILES string of the molecule is COc1cnn(C(C)C)c1C(=O)CC1CCC1. The van der Waals surface area contributed by atoms with E-state index in [-0.39, 0.29) is 11.8 Å². The van der Waals surface area contributed by atoms with E-state index in [1.165, 1.54) is 19.3 Å². The lowest BCUT2D eigenvalue weighted by molar-refractivity contribution is 0.0920. The number of nitrogens with zero attached hydrogens (tertiary/aromatic N) is 2. The van der Waals surface area contributed by atoms with Gasteiger partial charge in [-0.05, 0) is 19.8 Å². The Kier molecular flexibility index (Phi) is 3.50. The van der Waals surface area contributed by atoms with Crippen LogP contribution in [0.5, 0.6) is 5.75 Å². The summed E-state index contributed by atoms with van der Waals surface area (Å²) < 4.78 is 6.99. The van der Waals surface area contributed by atoms with Crippen molar-refractivity contribution in [1.82, 2.24) is 9.78 Å². The topological polar surface area (TPSA) is 44.1 Å². The molecule has 1 aromatic rings. The maximum Gasteiger partial charge on any atom is 0.184 e. The molecule has 0 N–H and O–H groups in total. The third-order valence-corrected chi connectivity index (χ3v) is 3.43. The molecule has 0 aliphatic heterocycles. The van der Waals surface area contributed by atoms with E-state index in [0.29, 0.717) is 23.8 Å². The van der Waals surface area contributed by atoms with E-state index in [2.05, 4.69) is 5.10 Å². The van der Waals surface area contributed by atoms with Gasteiger partial charge in [-0.3, -0.25) is 9.48 Å². The Bertz CT molecular complexity index is 406. The van der Waals surface area contributed by atoms with Crippen LogP contribution in [0.3, 0.4) is 0 Å². The molecule has 17 heavy (non-hydrogen) atoms. The number of ether oxygens (including phenoxy) is 1. The fraction of sp³-hybridized carbons (Fsp3) is 0.692. The minimum atomic E-state index is 0.165. The molecule has 4 heteroatoms. The quantitative estimate of drug-likeness (QED) is 0.738. The zero-order valence-electron chi connectivity index (χ0n) is 10.8. The largest absolute Gasteiger partial charge is 0.493 e. The van der Waals surface area contributed by atoms with Gasteiger partial charge in [0.25, 0.3) is 0 Å². The van der Waals surface area contributed by atoms with Crippen LogP contribution in [0.25, 0.3) is 0 Å². The van der Waals surface area contributed by atoms with Gasteiger partial charge in [0, 0.05) is 12.5 Å². The van der Waals surface area contributed by atoms with Crippen molar-refractivity contribution in [3.05, 3.63) is 11.9 Å². The zero-order chi connectivity index (χ0) is 12.4. The first-order valence-corrected chi connectivity index (χ1v) is 6.28. The van der Waals surface area contributed by atoms with Gasteiger partial charge in [-0.2, -0.15) is 5.10 Å². The number of carbonyl (C=O) groups excluding carboxylic acids is 1. The van der Waals surface area contributed by atoms with E-state index in [0.717, 1.165) is 0 Å². The van der Waals surface area contributed by atoms with E-state index >= 15 is 0 Å². The summed E-state index contributed by atoms with van der Waals surface area (Å²) in [5.74, 6) is 1.34. The zero-order valence-corrected chi connectivity index (χ0v) is 10.8. The van der Waals surface area contributed by atoms with Gasteiger partial charge in [0.05, 0.1) is 13.3 Å². The molecule has 0 amide bonds. The van der Waals surface area contributed by atoms with Crippen molar-refractivity contribution in [2.45, 2.75) is 45.6 Å². The molecule has 1 aliphatic carbocycles. The molecule has 0 bridgehead atoms. The van der Waals surface area contributed by atoms with E-state index in [1.807, 2.05) is 13.8 Å². The van der Waals surface area contributed by atoms with Crippen molar-refractivity contribution < 1.29 is 9.53 Å². The maximum atomic E-state index is 12.3. The lowest BCUT2D eigenvalue weighted by Crippen LogP contribution is -2.19. The standard InChI is InChI=1S/C13H20N2O2/c1-9(2)15-13(12(17-3)8-14-15)11(16)7-10-5-4-6-10/h8-10H,4-7H2,1-3H3. The average Bonchev–Trinajstić information content (AvgIpc) is 2.66. The van der Waals surface area contributed by atoms with E-state index in [4.69, 9.17) is 4.74 Å². The molecule has 2 rings (SSSR count). The van der Waals surface area contributed by atoms with Crippen molar-refractivity contribution in [2.75, 3.05) is 7.11 Å². The van der Waals surface area contributed by atoms with Gasteiger partial charge in [0.15, 0.2) is 11.5 Å². The van der Waals surface area contributed by atoms with Gasteiger partial charge in [-0.25, -0.2) is 0 Å². The minimum absolute atomic E-state index is 0.165. The van der Waals surface area contributed by atoms with Gasteiger partial charge >= 0.3 is 0 Å². The summed E-state index contributed by atoms with van der Waals surface area (Å²) in [5, 5.41) is 4.23. The number of methoxy groups -OCH3 is 1. The first kappa shape index (κ1) is 12.1. The van der Waals surface area contributed by atoms with E-state index in [1.54, 1.807) is 18.0 Å². The van der Waals surface area contributed by atoms with Crippen molar-refractivity contribution in [3.63, 3.8) is 0 Å². The molecule has 94 valence electrons. The van der Waals surface area contributed by atoms with Crippen LogP contribution in [0.1, 0.15) is 56.1 Å². The summed E-state index contributed by atoms with van der Waals surface area (Å²) >= 11 is 0. The Balaban J connectivity index is 2.21. The van der Waals surface area contributed by atoms with Gasteiger partial charge in [-0.15, -0.1) is 0 Å². The van der Waals surface area contributed by atoms with Gasteiger partial charge in [-0.1, -0.05) is 19.3 Å². The number of hydrogen-bond donors (Lipinski definition) is 0. The molecule has 1 saturated carbocycles. The smallest absolute Gasteiger partial charge is 0.184 e. The summed E-state index contributed by atoms with van der Waals surface area (Å²) in [5.41, 5.74) is 0.634. The van der Waals surface area contributed by atoms with E-state index in [9.17, 15) is 4.79 Å². The molecule has 0 saturated heterocycles. The Hall–Kier alpha value is -1.32. The lowest BCUT2D eigenvalue weighted by atomic mass is 9.81. The molecular formula is C13H20N2O2. The van der Waals surface area contributed by atoms with Crippen LogP contribution < -0.4 is 4.74 Å². The third-order valence-electron chi connectivity index (χ3n) is 3.43. The normalized spacial score (nSPS) is 16.0. The minimum Gasteiger partial charge on any atom is -0.493 e. The second-order valence-corrected chi connectivity index (χ2v) is 5.02. The first-order valence-electron chi connectivity index (χ1n) is 6.28. The number of Topliss-reactive ketones (excluding diaryl/α,β-unsaturated/α-hetero) is 1. The monoisotopic (exact) mass is 236 g/mol. The molecule has 0 radical (unpaired) electrons. The average molecular weight is 236 g/mol. The molecule has 0 unspecified atom stereocenters. The first-order chi connectivity index (χ1) is 8.13. The fourth-order valence-corrected chi connectivity index (χ4v) is 2.21. The number of ketones is 1. The molecule has 1 aliphatic rings. The van der Waals surface area contributed by atoms with Crippen molar-refractivity contribution in [3.8, 4) is 5.75 Å². The Morgan fingerprint density at radius 3 is 2.76 bits per heavy atom. The fourth-order valence-electron chi connectivity index (χ4n) is 2.21. The highest BCUT2D eigenvalue weighted by Gasteiger charge is 2.26. The number of rotatable bonds is 5. The van der Waals surface area contributed by atoms with Crippen LogP contribution in [0.4, 0.5) is 0 Å². The van der Waals surface area contributed by atoms with Crippen LogP contribution in [0, 0.1) is 5.92 Å². The molecule has 1 heterocycles. The summed E-state index contributed by atoms with van der Waals surface area (Å²) in [6, 6.07) is 0.180. The van der Waals surface area contributed by atoms with Crippen LogP contribution in [-0.4, -0.2) is 22.7 Å². The predicted octanol–water partition coefficient (Wildman–Crippen LogP) is 2.85. The number of aromatic nitrogens is 2. The molecule has 1 aromatic heterocycles. The molecule has 4 nitrogen and oxygen atoms in total. The third kappa shape index (κ3) is 2.35. The van der Waals surface area contributed by atoms with Crippen LogP contribution in [0.2, 0.25) is 0 Å². The summed E-state index contributed by atoms with van der Waals surface area (Å²) in [6.07, 6.45) is 5.90. The highest BCUT2D eigenvalue weighted by molar-refractivity contribution is 5.97. The second-order valence-electron chi connectivity index (χ2n) is 5.02. The Morgan fingerprint density at radius 1 is 1.59 bits per heavy atom. The van der Waals surface area contributed by atoms with Crippen molar-refractivity contribution in [1.29, 1.82) is 0 Å². The molecule has 0 spiro atoms. The Labute approximate surface area is 102 Å². The number of carbonyl (C=O) groups is 1. The highest BCUT2D eigenvalue weighted by Crippen LogP contribution is 2.32. The lowest BCUT2D eigenvalue weighted by Gasteiger charge is -2.24. The second kappa shape index (κ2) is 4.90. The number of hydrogen-bond acceptors (Lipinski definition) is 3. The van der Waals surface area contributed by atoms with Crippen molar-refractivity contribution >= 4 is 5.78 Å². The summed E-state index contributed by atoms with van der Waals surface area (Å²) in [6.45, 7) is 4.04. The van der Waals surface area contributed by atoms with Crippen LogP contribution in [-0.2, 0) is 0 Å². The molecular weight excluding hydrogens is 216 g/mol. The molecule has 0 aromatic carbocycles. The highest BCUT2D eigenvalue weighted by atomic mass is 16.5. The molecule has 0 atom stereocenters. The van der Waals surface area contributed by atoms with E-state index < -0.39 is 0 Å². The van der Waals surface area contributed by atoms with Crippen LogP contribution in [0.15, 0.2) is 6.20 Å². The maximum absolute atomic E-state index is 12.3. The summed E-state index contributed by atoms with van der Waals surface area (Å²) in [7, 11) is 1.59. The van der Waals surface area contributed by atoms with Gasteiger partial charge in [0.1, 0.15) is 5.69 Å². The van der Waals surface area contributed by atoms with Crippen molar-refractivity contribution in [2.24, 2.45) is 5.92 Å². The van der Waals surface area contributed by atoms with Gasteiger partial charge in [0.2, 0.25) is 0 Å². The predicted molar refractivity (Wildman–Crippen MR) is 65.5 cm³/mol. The van der Waals surface area contributed by atoms with Crippen LogP contribution >= 0.6 is 0 Å².